The normalized spacial score (nSPS) is 14.2. The molecule has 0 N–H and O–H groups in total. The Kier molecular flexibility index (Phi) is 6.12. The summed E-state index contributed by atoms with van der Waals surface area (Å²) in [4.78, 5) is 14.8. The Hall–Kier alpha value is -5.16. The number of hydrogen-bond acceptors (Lipinski definition) is 9. The number of methoxy groups -OCH3 is 1. The Bertz CT molecular complexity index is 1880. The first kappa shape index (κ1) is 24.9. The molecule has 0 saturated heterocycles. The van der Waals surface area contributed by atoms with Crippen molar-refractivity contribution in [2.45, 2.75) is 19.4 Å². The molecular formula is C29H22ClN7O4. The van der Waals surface area contributed by atoms with Crippen molar-refractivity contribution in [3.63, 3.8) is 0 Å². The summed E-state index contributed by atoms with van der Waals surface area (Å²) in [6.45, 7) is 2.00. The van der Waals surface area contributed by atoms with Crippen molar-refractivity contribution in [3.8, 4) is 23.2 Å². The molecule has 204 valence electrons. The van der Waals surface area contributed by atoms with Crippen molar-refractivity contribution < 1.29 is 18.7 Å². The highest BCUT2D eigenvalue weighted by molar-refractivity contribution is 6.30. The molecule has 1 aliphatic heterocycles. The van der Waals surface area contributed by atoms with E-state index in [1.54, 1.807) is 35.1 Å². The molecule has 0 spiro atoms. The molecule has 12 heteroatoms. The lowest BCUT2D eigenvalue weighted by atomic mass is 9.88. The predicted molar refractivity (Wildman–Crippen MR) is 149 cm³/mol. The first-order valence-electron chi connectivity index (χ1n) is 12.7. The highest BCUT2D eigenvalue weighted by Gasteiger charge is 2.39. The van der Waals surface area contributed by atoms with E-state index in [-0.39, 0.29) is 12.5 Å². The summed E-state index contributed by atoms with van der Waals surface area (Å²) in [6, 6.07) is 18.6. The van der Waals surface area contributed by atoms with Gasteiger partial charge in [-0.3, -0.25) is 0 Å². The van der Waals surface area contributed by atoms with E-state index in [1.807, 2.05) is 67.6 Å². The fraction of sp³-hybridized carbons (Fsp3) is 0.138. The van der Waals surface area contributed by atoms with Gasteiger partial charge < -0.3 is 18.7 Å². The lowest BCUT2D eigenvalue weighted by Crippen LogP contribution is -2.15. The van der Waals surface area contributed by atoms with Crippen LogP contribution < -0.4 is 9.47 Å². The molecule has 1 atom stereocenters. The SMILES string of the molecule is COc1ccc(/C=N/OCc2nc3c4c(ncn3n2)Oc2c(c(C)nn2-c2ccc(Cl)cc2)[C@H]4c2ccco2)cc1. The van der Waals surface area contributed by atoms with Gasteiger partial charge in [-0.1, -0.05) is 16.8 Å². The summed E-state index contributed by atoms with van der Waals surface area (Å²) in [5, 5.41) is 14.0. The monoisotopic (exact) mass is 567 g/mol. The quantitative estimate of drug-likeness (QED) is 0.178. The number of fused-ring (bicyclic) bond motifs is 4. The number of nitrogens with zero attached hydrogens (tertiary/aromatic N) is 7. The molecule has 0 radical (unpaired) electrons. The van der Waals surface area contributed by atoms with Crippen LogP contribution in [0.5, 0.6) is 17.5 Å². The minimum absolute atomic E-state index is 0.0637. The van der Waals surface area contributed by atoms with Gasteiger partial charge in [0.25, 0.3) is 0 Å². The van der Waals surface area contributed by atoms with Crippen LogP contribution in [0.3, 0.4) is 0 Å². The summed E-state index contributed by atoms with van der Waals surface area (Å²) in [7, 11) is 1.62. The molecule has 7 rings (SSSR count). The van der Waals surface area contributed by atoms with Crippen molar-refractivity contribution in [1.82, 2.24) is 29.4 Å². The largest absolute Gasteiger partial charge is 0.497 e. The van der Waals surface area contributed by atoms with Gasteiger partial charge in [-0.2, -0.15) is 5.10 Å². The van der Waals surface area contributed by atoms with E-state index in [0.717, 1.165) is 28.3 Å². The zero-order chi connectivity index (χ0) is 27.9. The molecule has 4 aromatic heterocycles. The van der Waals surface area contributed by atoms with E-state index in [9.17, 15) is 0 Å². The maximum Gasteiger partial charge on any atom is 0.230 e. The lowest BCUT2D eigenvalue weighted by molar-refractivity contribution is 0.126. The Morgan fingerprint density at radius 3 is 2.63 bits per heavy atom. The summed E-state index contributed by atoms with van der Waals surface area (Å²) in [6.07, 6.45) is 4.81. The summed E-state index contributed by atoms with van der Waals surface area (Å²) in [5.74, 6) is 2.46. The molecular weight excluding hydrogens is 546 g/mol. The highest BCUT2D eigenvalue weighted by atomic mass is 35.5. The fourth-order valence-electron chi connectivity index (χ4n) is 4.86. The molecule has 0 saturated carbocycles. The smallest absolute Gasteiger partial charge is 0.230 e. The van der Waals surface area contributed by atoms with Gasteiger partial charge >= 0.3 is 0 Å². The molecule has 1 aliphatic rings. The number of aromatic nitrogens is 6. The molecule has 2 aromatic carbocycles. The molecule has 6 aromatic rings. The number of aryl methyl sites for hydroxylation is 1. The van der Waals surface area contributed by atoms with Gasteiger partial charge in [0.2, 0.25) is 11.8 Å². The Morgan fingerprint density at radius 2 is 1.88 bits per heavy atom. The van der Waals surface area contributed by atoms with Crippen LogP contribution in [0.25, 0.3) is 11.3 Å². The van der Waals surface area contributed by atoms with Crippen molar-refractivity contribution in [2.24, 2.45) is 5.16 Å². The standard InChI is InChI=1S/C29H22ClN7O4/c1-17-24-25(22-4-3-13-39-22)26-27-33-23(15-40-32-14-18-5-11-21(38-2)12-6-18)35-36(27)16-31-28(26)41-29(24)37(34-17)20-9-7-19(30)8-10-20/h3-14,16,25H,15H2,1-2H3/b32-14+/t25-/m1/s1. The third-order valence-corrected chi connectivity index (χ3v) is 7.00. The van der Waals surface area contributed by atoms with Crippen LogP contribution in [0, 0.1) is 6.92 Å². The Labute approximate surface area is 238 Å². The third-order valence-electron chi connectivity index (χ3n) is 6.75. The molecule has 0 fully saturated rings. The zero-order valence-electron chi connectivity index (χ0n) is 21.9. The van der Waals surface area contributed by atoms with Crippen LogP contribution in [0.15, 0.2) is 82.8 Å². The fourth-order valence-corrected chi connectivity index (χ4v) is 4.99. The van der Waals surface area contributed by atoms with Gasteiger partial charge in [-0.05, 0) is 73.2 Å². The summed E-state index contributed by atoms with van der Waals surface area (Å²) < 4.78 is 20.8. The highest BCUT2D eigenvalue weighted by Crippen LogP contribution is 2.49. The minimum atomic E-state index is -0.382. The first-order valence-corrected chi connectivity index (χ1v) is 13.1. The summed E-state index contributed by atoms with van der Waals surface area (Å²) >= 11 is 6.12. The van der Waals surface area contributed by atoms with Crippen LogP contribution in [0.2, 0.25) is 5.02 Å². The van der Waals surface area contributed by atoms with E-state index < -0.39 is 0 Å². The number of oxime groups is 1. The van der Waals surface area contributed by atoms with Crippen molar-refractivity contribution in [3.05, 3.63) is 112 Å². The number of benzene rings is 2. The molecule has 41 heavy (non-hydrogen) atoms. The molecule has 0 amide bonds. The van der Waals surface area contributed by atoms with Gasteiger partial charge in [0, 0.05) is 5.02 Å². The molecule has 0 aliphatic carbocycles. The predicted octanol–water partition coefficient (Wildman–Crippen LogP) is 5.71. The van der Waals surface area contributed by atoms with Crippen LogP contribution in [0.1, 0.15) is 39.9 Å². The van der Waals surface area contributed by atoms with Crippen molar-refractivity contribution >= 4 is 23.5 Å². The molecule has 0 bridgehead atoms. The number of ether oxygens (including phenoxy) is 2. The maximum absolute atomic E-state index is 6.39. The Morgan fingerprint density at radius 1 is 1.05 bits per heavy atom. The van der Waals surface area contributed by atoms with E-state index in [4.69, 9.17) is 40.4 Å². The lowest BCUT2D eigenvalue weighted by Gasteiger charge is -2.24. The molecule has 0 unspecified atom stereocenters. The summed E-state index contributed by atoms with van der Waals surface area (Å²) in [5.41, 5.74) is 4.59. The second-order valence-electron chi connectivity index (χ2n) is 9.28. The number of halogens is 1. The average molecular weight is 568 g/mol. The van der Waals surface area contributed by atoms with E-state index in [1.165, 1.54) is 0 Å². The number of hydrogen-bond donors (Lipinski definition) is 0. The topological polar surface area (TPSA) is 114 Å². The molecule has 11 nitrogen and oxygen atoms in total. The second kappa shape index (κ2) is 10.1. The number of rotatable bonds is 7. The first-order chi connectivity index (χ1) is 20.1. The third kappa shape index (κ3) is 4.45. The second-order valence-corrected chi connectivity index (χ2v) is 9.72. The van der Waals surface area contributed by atoms with Crippen LogP contribution >= 0.6 is 11.6 Å². The van der Waals surface area contributed by atoms with Crippen LogP contribution in [-0.4, -0.2) is 42.7 Å². The van der Waals surface area contributed by atoms with Crippen LogP contribution in [-0.2, 0) is 11.4 Å². The van der Waals surface area contributed by atoms with Gasteiger partial charge in [0.05, 0.1) is 48.0 Å². The van der Waals surface area contributed by atoms with E-state index >= 15 is 0 Å². The van der Waals surface area contributed by atoms with Crippen molar-refractivity contribution in [2.75, 3.05) is 7.11 Å². The van der Waals surface area contributed by atoms with Gasteiger partial charge in [-0.25, -0.2) is 19.2 Å². The van der Waals surface area contributed by atoms with E-state index in [2.05, 4.69) is 15.2 Å². The van der Waals surface area contributed by atoms with Crippen LogP contribution in [0.4, 0.5) is 0 Å². The maximum atomic E-state index is 6.39. The Balaban J connectivity index is 1.24. The number of furan rings is 1. The van der Waals surface area contributed by atoms with Crippen molar-refractivity contribution in [1.29, 1.82) is 0 Å². The average Bonchev–Trinajstić information content (AvgIpc) is 3.74. The zero-order valence-corrected chi connectivity index (χ0v) is 22.7. The minimum Gasteiger partial charge on any atom is -0.497 e. The molecule has 5 heterocycles. The van der Waals surface area contributed by atoms with E-state index in [0.29, 0.717) is 39.6 Å². The van der Waals surface area contributed by atoms with Gasteiger partial charge in [-0.15, -0.1) is 5.10 Å². The van der Waals surface area contributed by atoms with Gasteiger partial charge in [0.15, 0.2) is 18.1 Å². The van der Waals surface area contributed by atoms with Gasteiger partial charge in [0.1, 0.15) is 17.8 Å².